The molecule has 100 valence electrons. The lowest BCUT2D eigenvalue weighted by atomic mass is 10.2. The Morgan fingerprint density at radius 3 is 2.63 bits per heavy atom. The molecule has 0 amide bonds. The molecule has 1 heterocycles. The van der Waals surface area contributed by atoms with Crippen molar-refractivity contribution in [2.45, 2.75) is 13.2 Å². The Morgan fingerprint density at radius 1 is 1.26 bits per heavy atom. The summed E-state index contributed by atoms with van der Waals surface area (Å²) in [6.07, 6.45) is 1.43. The van der Waals surface area contributed by atoms with Gasteiger partial charge in [-0.3, -0.25) is 0 Å². The van der Waals surface area contributed by atoms with Crippen LogP contribution in [0.15, 0.2) is 41.0 Å². The van der Waals surface area contributed by atoms with Gasteiger partial charge in [0.25, 0.3) is 0 Å². The number of esters is 1. The molecule has 2 aromatic rings. The summed E-state index contributed by atoms with van der Waals surface area (Å²) in [5.74, 6) is 0.359. The van der Waals surface area contributed by atoms with Crippen molar-refractivity contribution < 1.29 is 18.7 Å². The van der Waals surface area contributed by atoms with Crippen molar-refractivity contribution in [1.82, 2.24) is 0 Å². The summed E-state index contributed by atoms with van der Waals surface area (Å²) >= 11 is 0. The molecule has 19 heavy (non-hydrogen) atoms. The number of furan rings is 1. The predicted octanol–water partition coefficient (Wildman–Crippen LogP) is 2.10. The summed E-state index contributed by atoms with van der Waals surface area (Å²) < 4.78 is 15.3. The Bertz CT molecular complexity index is 545. The fourth-order valence-electron chi connectivity index (χ4n) is 1.60. The van der Waals surface area contributed by atoms with Crippen molar-refractivity contribution in [1.29, 1.82) is 0 Å². The average molecular weight is 261 g/mol. The zero-order valence-electron chi connectivity index (χ0n) is 10.6. The minimum atomic E-state index is -0.512. The van der Waals surface area contributed by atoms with Crippen molar-refractivity contribution in [2.75, 3.05) is 7.11 Å². The monoisotopic (exact) mass is 261 g/mol. The SMILES string of the molecule is COC(=O)c1occc1COc1ccc(CN)cc1. The van der Waals surface area contributed by atoms with Crippen LogP contribution in [0.1, 0.15) is 21.7 Å². The zero-order valence-corrected chi connectivity index (χ0v) is 10.6. The maximum atomic E-state index is 11.4. The Kier molecular flexibility index (Phi) is 4.20. The number of carbonyl (C=O) groups excluding carboxylic acids is 1. The maximum Gasteiger partial charge on any atom is 0.374 e. The second kappa shape index (κ2) is 6.06. The van der Waals surface area contributed by atoms with Crippen molar-refractivity contribution in [3.8, 4) is 5.75 Å². The quantitative estimate of drug-likeness (QED) is 0.834. The maximum absolute atomic E-state index is 11.4. The van der Waals surface area contributed by atoms with Crippen molar-refractivity contribution >= 4 is 5.97 Å². The van der Waals surface area contributed by atoms with Gasteiger partial charge in [-0.2, -0.15) is 0 Å². The van der Waals surface area contributed by atoms with E-state index in [1.54, 1.807) is 6.07 Å². The van der Waals surface area contributed by atoms with Gasteiger partial charge in [0.1, 0.15) is 12.4 Å². The molecule has 0 saturated heterocycles. The normalized spacial score (nSPS) is 10.2. The molecule has 0 aliphatic rings. The molecule has 1 aromatic carbocycles. The summed E-state index contributed by atoms with van der Waals surface area (Å²) in [7, 11) is 1.31. The molecule has 1 aromatic heterocycles. The Labute approximate surface area is 110 Å². The second-order valence-electron chi connectivity index (χ2n) is 3.90. The standard InChI is InChI=1S/C14H15NO4/c1-17-14(16)13-11(6-7-18-13)9-19-12-4-2-10(8-15)3-5-12/h2-7H,8-9,15H2,1H3. The molecule has 0 aliphatic carbocycles. The zero-order chi connectivity index (χ0) is 13.7. The highest BCUT2D eigenvalue weighted by Crippen LogP contribution is 2.17. The topological polar surface area (TPSA) is 74.7 Å². The van der Waals surface area contributed by atoms with E-state index in [-0.39, 0.29) is 12.4 Å². The number of nitrogens with two attached hydrogens (primary N) is 1. The molecule has 0 saturated carbocycles. The second-order valence-corrected chi connectivity index (χ2v) is 3.90. The highest BCUT2D eigenvalue weighted by molar-refractivity contribution is 5.87. The average Bonchev–Trinajstić information content (AvgIpc) is 2.93. The third-order valence-electron chi connectivity index (χ3n) is 2.67. The van der Waals surface area contributed by atoms with E-state index in [0.717, 1.165) is 5.56 Å². The van der Waals surface area contributed by atoms with Gasteiger partial charge in [-0.25, -0.2) is 4.79 Å². The Hall–Kier alpha value is -2.27. The number of rotatable bonds is 5. The van der Waals surface area contributed by atoms with Gasteiger partial charge in [-0.1, -0.05) is 12.1 Å². The molecule has 5 heteroatoms. The fourth-order valence-corrected chi connectivity index (χ4v) is 1.60. The minimum Gasteiger partial charge on any atom is -0.489 e. The molecule has 0 bridgehead atoms. The van der Waals surface area contributed by atoms with Crippen LogP contribution >= 0.6 is 0 Å². The Balaban J connectivity index is 2.02. The number of carbonyl (C=O) groups is 1. The summed E-state index contributed by atoms with van der Waals surface area (Å²) in [6, 6.07) is 9.14. The molecule has 0 unspecified atom stereocenters. The molecule has 2 N–H and O–H groups in total. The Morgan fingerprint density at radius 2 is 2.00 bits per heavy atom. The number of methoxy groups -OCH3 is 1. The molecule has 5 nitrogen and oxygen atoms in total. The number of hydrogen-bond acceptors (Lipinski definition) is 5. The van der Waals surface area contributed by atoms with Gasteiger partial charge >= 0.3 is 5.97 Å². The van der Waals surface area contributed by atoms with Crippen LogP contribution in [-0.2, 0) is 17.9 Å². The van der Waals surface area contributed by atoms with Crippen LogP contribution in [0.25, 0.3) is 0 Å². The highest BCUT2D eigenvalue weighted by atomic mass is 16.5. The molecule has 2 rings (SSSR count). The van der Waals surface area contributed by atoms with Crippen LogP contribution in [0.3, 0.4) is 0 Å². The van der Waals surface area contributed by atoms with Crippen LogP contribution in [-0.4, -0.2) is 13.1 Å². The van der Waals surface area contributed by atoms with Crippen LogP contribution < -0.4 is 10.5 Å². The van der Waals surface area contributed by atoms with E-state index in [2.05, 4.69) is 4.74 Å². The summed E-state index contributed by atoms with van der Waals surface area (Å²) in [6.45, 7) is 0.734. The van der Waals surface area contributed by atoms with Crippen LogP contribution in [0.5, 0.6) is 5.75 Å². The third kappa shape index (κ3) is 3.14. The predicted molar refractivity (Wildman–Crippen MR) is 68.7 cm³/mol. The lowest BCUT2D eigenvalue weighted by Gasteiger charge is -2.06. The lowest BCUT2D eigenvalue weighted by molar-refractivity contribution is 0.0561. The van der Waals surface area contributed by atoms with E-state index in [0.29, 0.717) is 17.9 Å². The molecule has 0 atom stereocenters. The van der Waals surface area contributed by atoms with Crippen molar-refractivity contribution in [2.24, 2.45) is 5.73 Å². The van der Waals surface area contributed by atoms with Crippen molar-refractivity contribution in [3.63, 3.8) is 0 Å². The molecular formula is C14H15NO4. The smallest absolute Gasteiger partial charge is 0.374 e. The van der Waals surface area contributed by atoms with Gasteiger partial charge in [0.2, 0.25) is 5.76 Å². The summed E-state index contributed by atoms with van der Waals surface area (Å²) in [5.41, 5.74) is 7.20. The van der Waals surface area contributed by atoms with E-state index in [4.69, 9.17) is 14.9 Å². The molecule has 0 spiro atoms. The van der Waals surface area contributed by atoms with E-state index < -0.39 is 5.97 Å². The van der Waals surface area contributed by atoms with Crippen LogP contribution in [0.4, 0.5) is 0 Å². The molecule has 0 radical (unpaired) electrons. The fraction of sp³-hybridized carbons (Fsp3) is 0.214. The van der Waals surface area contributed by atoms with Crippen LogP contribution in [0.2, 0.25) is 0 Å². The van der Waals surface area contributed by atoms with E-state index >= 15 is 0 Å². The molecule has 0 aliphatic heterocycles. The van der Waals surface area contributed by atoms with Gasteiger partial charge in [0.15, 0.2) is 0 Å². The molecular weight excluding hydrogens is 246 g/mol. The lowest BCUT2D eigenvalue weighted by Crippen LogP contribution is -2.05. The first-order valence-electron chi connectivity index (χ1n) is 5.81. The summed E-state index contributed by atoms with van der Waals surface area (Å²) in [5, 5.41) is 0. The van der Waals surface area contributed by atoms with Gasteiger partial charge in [0, 0.05) is 12.1 Å². The number of benzene rings is 1. The molecule has 0 fully saturated rings. The van der Waals surface area contributed by atoms with E-state index in [1.807, 2.05) is 24.3 Å². The van der Waals surface area contributed by atoms with Gasteiger partial charge < -0.3 is 19.6 Å². The van der Waals surface area contributed by atoms with E-state index in [1.165, 1.54) is 13.4 Å². The first-order valence-corrected chi connectivity index (χ1v) is 5.81. The van der Waals surface area contributed by atoms with Crippen LogP contribution in [0, 0.1) is 0 Å². The van der Waals surface area contributed by atoms with Gasteiger partial charge in [-0.15, -0.1) is 0 Å². The first-order chi connectivity index (χ1) is 9.24. The van der Waals surface area contributed by atoms with Gasteiger partial charge in [-0.05, 0) is 23.8 Å². The van der Waals surface area contributed by atoms with Gasteiger partial charge in [0.05, 0.1) is 13.4 Å². The number of hydrogen-bond donors (Lipinski definition) is 1. The third-order valence-corrected chi connectivity index (χ3v) is 2.67. The first kappa shape index (κ1) is 13.2. The largest absolute Gasteiger partial charge is 0.489 e. The highest BCUT2D eigenvalue weighted by Gasteiger charge is 2.15. The van der Waals surface area contributed by atoms with Crippen molar-refractivity contribution in [3.05, 3.63) is 53.5 Å². The minimum absolute atomic E-state index is 0.168. The summed E-state index contributed by atoms with van der Waals surface area (Å²) in [4.78, 5) is 11.4. The van der Waals surface area contributed by atoms with E-state index in [9.17, 15) is 4.79 Å². The number of ether oxygens (including phenoxy) is 2.